The fourth-order valence-corrected chi connectivity index (χ4v) is 2.73. The van der Waals surface area contributed by atoms with E-state index in [1.807, 2.05) is 18.2 Å². The Morgan fingerprint density at radius 1 is 1.13 bits per heavy atom. The number of hydrogen-bond donors (Lipinski definition) is 1. The van der Waals surface area contributed by atoms with Gasteiger partial charge in [0, 0.05) is 25.1 Å². The van der Waals surface area contributed by atoms with Crippen LogP contribution in [0.5, 0.6) is 11.5 Å². The molecule has 0 spiro atoms. The van der Waals surface area contributed by atoms with Gasteiger partial charge in [0.05, 0.1) is 13.7 Å². The monoisotopic (exact) mass is 442 g/mol. The molecule has 0 aliphatic rings. The van der Waals surface area contributed by atoms with Crippen LogP contribution in [0.1, 0.15) is 17.5 Å². The van der Waals surface area contributed by atoms with Crippen molar-refractivity contribution in [1.82, 2.24) is 5.32 Å². The van der Waals surface area contributed by atoms with Crippen molar-refractivity contribution in [3.63, 3.8) is 0 Å². The maximum absolute atomic E-state index is 12.2. The van der Waals surface area contributed by atoms with Crippen molar-refractivity contribution in [3.05, 3.63) is 64.2 Å². The van der Waals surface area contributed by atoms with E-state index in [4.69, 9.17) is 25.8 Å². The van der Waals surface area contributed by atoms with E-state index in [9.17, 15) is 14.9 Å². The summed E-state index contributed by atoms with van der Waals surface area (Å²) in [5, 5.41) is 12.5. The van der Waals surface area contributed by atoms with Crippen LogP contribution in [0.15, 0.2) is 48.0 Å². The molecule has 31 heavy (non-hydrogen) atoms. The van der Waals surface area contributed by atoms with Crippen LogP contribution in [0.4, 0.5) is 0 Å². The van der Waals surface area contributed by atoms with Gasteiger partial charge in [-0.05, 0) is 47.9 Å². The Balaban J connectivity index is 2.04. The Labute approximate surface area is 186 Å². The quantitative estimate of drug-likeness (QED) is 0.199. The lowest BCUT2D eigenvalue weighted by Gasteiger charge is -2.10. The number of ether oxygens (including phenoxy) is 3. The zero-order valence-electron chi connectivity index (χ0n) is 17.3. The molecule has 0 aliphatic carbocycles. The number of nitrogens with zero attached hydrogens (tertiary/aromatic N) is 1. The second-order valence-electron chi connectivity index (χ2n) is 6.43. The molecule has 0 aliphatic heterocycles. The molecule has 0 heterocycles. The fourth-order valence-electron chi connectivity index (χ4n) is 2.61. The number of carbonyl (C=O) groups is 2. The average Bonchev–Trinajstić information content (AvgIpc) is 2.78. The Morgan fingerprint density at radius 2 is 1.87 bits per heavy atom. The van der Waals surface area contributed by atoms with Gasteiger partial charge in [0.15, 0.2) is 11.5 Å². The Kier molecular flexibility index (Phi) is 9.56. The Morgan fingerprint density at radius 3 is 2.52 bits per heavy atom. The predicted octanol–water partition coefficient (Wildman–Crippen LogP) is 3.56. The molecule has 0 saturated heterocycles. The highest BCUT2D eigenvalue weighted by atomic mass is 35.5. The van der Waals surface area contributed by atoms with E-state index in [0.717, 1.165) is 5.56 Å². The van der Waals surface area contributed by atoms with Crippen molar-refractivity contribution >= 4 is 29.6 Å². The largest absolute Gasteiger partial charge is 0.493 e. The number of amides is 1. The van der Waals surface area contributed by atoms with Gasteiger partial charge >= 0.3 is 5.97 Å². The number of rotatable bonds is 10. The molecular formula is C23H23ClN2O5. The molecule has 0 bridgehead atoms. The lowest BCUT2D eigenvalue weighted by Crippen LogP contribution is -2.27. The van der Waals surface area contributed by atoms with Crippen LogP contribution < -0.4 is 14.8 Å². The van der Waals surface area contributed by atoms with Gasteiger partial charge in [0.2, 0.25) is 0 Å². The average molecular weight is 443 g/mol. The van der Waals surface area contributed by atoms with Crippen LogP contribution in [0.3, 0.4) is 0 Å². The van der Waals surface area contributed by atoms with E-state index in [2.05, 4.69) is 5.32 Å². The molecule has 0 unspecified atom stereocenters. The summed E-state index contributed by atoms with van der Waals surface area (Å²) in [6.45, 7) is 0.638. The molecule has 2 aromatic rings. The third-order valence-corrected chi connectivity index (χ3v) is 4.46. The summed E-state index contributed by atoms with van der Waals surface area (Å²) < 4.78 is 15.6. The van der Waals surface area contributed by atoms with Crippen LogP contribution in [0.2, 0.25) is 5.02 Å². The smallest absolute Gasteiger partial charge is 0.311 e. The zero-order chi connectivity index (χ0) is 22.6. The number of hydrogen-bond acceptors (Lipinski definition) is 6. The molecule has 0 aromatic heterocycles. The first kappa shape index (κ1) is 23.9. The molecular weight excluding hydrogens is 420 g/mol. The second-order valence-corrected chi connectivity index (χ2v) is 6.87. The minimum atomic E-state index is -0.503. The van der Waals surface area contributed by atoms with Crippen molar-refractivity contribution in [1.29, 1.82) is 5.26 Å². The van der Waals surface area contributed by atoms with Gasteiger partial charge in [-0.15, -0.1) is 0 Å². The number of methoxy groups -OCH3 is 2. The molecule has 162 valence electrons. The van der Waals surface area contributed by atoms with E-state index < -0.39 is 11.9 Å². The Hall–Kier alpha value is -3.34. The van der Waals surface area contributed by atoms with Crippen molar-refractivity contribution in [2.24, 2.45) is 0 Å². The molecule has 0 radical (unpaired) electrons. The van der Waals surface area contributed by atoms with E-state index in [0.29, 0.717) is 35.9 Å². The van der Waals surface area contributed by atoms with Crippen molar-refractivity contribution in [2.45, 2.75) is 12.8 Å². The van der Waals surface area contributed by atoms with Crippen molar-refractivity contribution in [3.8, 4) is 17.6 Å². The number of nitrogens with one attached hydrogen (secondary N) is 1. The van der Waals surface area contributed by atoms with Gasteiger partial charge in [-0.2, -0.15) is 5.26 Å². The number of benzene rings is 2. The maximum atomic E-state index is 12.2. The topological polar surface area (TPSA) is 97.6 Å². The first-order chi connectivity index (χ1) is 15.0. The van der Waals surface area contributed by atoms with Crippen LogP contribution in [0.25, 0.3) is 6.08 Å². The molecule has 1 N–H and O–H groups in total. The highest BCUT2D eigenvalue weighted by Crippen LogP contribution is 2.29. The standard InChI is InChI=1S/C23H23ClN2O5/c1-29-12-11-26-23(28)18(15-25)13-17-5-9-20(21(14-17)30-2)31-22(27)10-6-16-3-7-19(24)8-4-16/h3-5,7-9,13-14H,6,10-12H2,1-2H3,(H,26,28)/b18-13+. The number of halogens is 1. The number of carbonyl (C=O) groups excluding carboxylic acids is 2. The summed E-state index contributed by atoms with van der Waals surface area (Å²) >= 11 is 5.86. The molecule has 7 nitrogen and oxygen atoms in total. The minimum Gasteiger partial charge on any atom is -0.493 e. The van der Waals surface area contributed by atoms with Crippen molar-refractivity contribution in [2.75, 3.05) is 27.4 Å². The van der Waals surface area contributed by atoms with Crippen LogP contribution in [0, 0.1) is 11.3 Å². The lowest BCUT2D eigenvalue weighted by molar-refractivity contribution is -0.134. The van der Waals surface area contributed by atoms with Gasteiger partial charge in [0.25, 0.3) is 5.91 Å². The van der Waals surface area contributed by atoms with E-state index in [-0.39, 0.29) is 17.7 Å². The molecule has 0 fully saturated rings. The summed E-state index contributed by atoms with van der Waals surface area (Å²) in [5.41, 5.74) is 1.46. The maximum Gasteiger partial charge on any atom is 0.311 e. The molecule has 0 saturated carbocycles. The minimum absolute atomic E-state index is 0.0640. The SMILES string of the molecule is COCCNC(=O)/C(C#N)=C/c1ccc(OC(=O)CCc2ccc(Cl)cc2)c(OC)c1. The van der Waals surface area contributed by atoms with Gasteiger partial charge in [-0.3, -0.25) is 9.59 Å². The lowest BCUT2D eigenvalue weighted by atomic mass is 10.1. The molecule has 1 amide bonds. The molecule has 0 atom stereocenters. The van der Waals surface area contributed by atoms with Crippen LogP contribution in [-0.2, 0) is 20.7 Å². The van der Waals surface area contributed by atoms with Gasteiger partial charge in [-0.25, -0.2) is 0 Å². The second kappa shape index (κ2) is 12.4. The van der Waals surface area contributed by atoms with Gasteiger partial charge < -0.3 is 19.5 Å². The van der Waals surface area contributed by atoms with E-state index in [1.165, 1.54) is 20.3 Å². The first-order valence-corrected chi connectivity index (χ1v) is 9.86. The molecule has 8 heteroatoms. The highest BCUT2D eigenvalue weighted by Gasteiger charge is 2.13. The van der Waals surface area contributed by atoms with E-state index in [1.54, 1.807) is 30.3 Å². The number of nitriles is 1. The fraction of sp³-hybridized carbons (Fsp3) is 0.261. The zero-order valence-corrected chi connectivity index (χ0v) is 18.1. The summed E-state index contributed by atoms with van der Waals surface area (Å²) in [6, 6.07) is 13.9. The summed E-state index contributed by atoms with van der Waals surface area (Å²) in [7, 11) is 2.96. The Bertz CT molecular complexity index is 980. The van der Waals surface area contributed by atoms with Crippen LogP contribution >= 0.6 is 11.6 Å². The first-order valence-electron chi connectivity index (χ1n) is 9.49. The normalized spacial score (nSPS) is 10.8. The number of esters is 1. The molecule has 2 rings (SSSR count). The van der Waals surface area contributed by atoms with Crippen molar-refractivity contribution < 1.29 is 23.8 Å². The predicted molar refractivity (Wildman–Crippen MR) is 117 cm³/mol. The van der Waals surface area contributed by atoms with Gasteiger partial charge in [0.1, 0.15) is 11.6 Å². The summed E-state index contributed by atoms with van der Waals surface area (Å²) in [5.74, 6) is -0.350. The van der Waals surface area contributed by atoms with Gasteiger partial charge in [-0.1, -0.05) is 29.8 Å². The van der Waals surface area contributed by atoms with Crippen LogP contribution in [-0.4, -0.2) is 39.2 Å². The summed E-state index contributed by atoms with van der Waals surface area (Å²) in [4.78, 5) is 24.3. The third kappa shape index (κ3) is 7.78. The third-order valence-electron chi connectivity index (χ3n) is 4.21. The van der Waals surface area contributed by atoms with E-state index >= 15 is 0 Å². The number of aryl methyl sites for hydroxylation is 1. The summed E-state index contributed by atoms with van der Waals surface area (Å²) in [6.07, 6.45) is 2.13. The highest BCUT2D eigenvalue weighted by molar-refractivity contribution is 6.30. The molecule has 2 aromatic carbocycles.